The number of hydrogen-bond acceptors (Lipinski definition) is 5. The highest BCUT2D eigenvalue weighted by Gasteiger charge is 2.37. The molecule has 3 heterocycles. The normalized spacial score (nSPS) is 21.4. The van der Waals surface area contributed by atoms with Crippen molar-refractivity contribution in [2.45, 2.75) is 58.4 Å². The van der Waals surface area contributed by atoms with Crippen molar-refractivity contribution < 1.29 is 18.7 Å². The van der Waals surface area contributed by atoms with Crippen LogP contribution >= 0.6 is 0 Å². The lowest BCUT2D eigenvalue weighted by atomic mass is 9.92. The number of carbonyl (C=O) groups is 2. The van der Waals surface area contributed by atoms with E-state index in [4.69, 9.17) is 4.74 Å². The predicted octanol–water partition coefficient (Wildman–Crippen LogP) is 2.69. The second kappa shape index (κ2) is 9.29. The number of halogens is 1. The van der Waals surface area contributed by atoms with Gasteiger partial charge in [-0.1, -0.05) is 12.1 Å². The lowest BCUT2D eigenvalue weighted by Gasteiger charge is -2.44. The molecule has 4 rings (SSSR count). The van der Waals surface area contributed by atoms with Gasteiger partial charge in [0.1, 0.15) is 12.2 Å². The molecule has 2 atom stereocenters. The Morgan fingerprint density at radius 1 is 1.24 bits per heavy atom. The van der Waals surface area contributed by atoms with Crippen molar-refractivity contribution in [1.29, 1.82) is 0 Å². The van der Waals surface area contributed by atoms with Gasteiger partial charge in [0.15, 0.2) is 6.17 Å². The molecule has 2 aliphatic rings. The second-order valence-electron chi connectivity index (χ2n) is 9.74. The Bertz CT molecular complexity index is 1160. The monoisotopic (exact) mass is 470 g/mol. The molecule has 8 nitrogen and oxygen atoms in total. The maximum absolute atomic E-state index is 15.3. The van der Waals surface area contributed by atoms with E-state index in [1.165, 1.54) is 11.0 Å². The average Bonchev–Trinajstić information content (AvgIpc) is 2.81. The van der Waals surface area contributed by atoms with Crippen LogP contribution in [0.2, 0.25) is 0 Å². The van der Waals surface area contributed by atoms with Crippen LogP contribution in [0.5, 0.6) is 0 Å². The molecule has 0 radical (unpaired) electrons. The van der Waals surface area contributed by atoms with Crippen LogP contribution in [0.25, 0.3) is 0 Å². The van der Waals surface area contributed by atoms with Crippen LogP contribution < -0.4 is 5.56 Å². The molecule has 1 N–H and O–H groups in total. The molecule has 34 heavy (non-hydrogen) atoms. The Kier molecular flexibility index (Phi) is 6.58. The van der Waals surface area contributed by atoms with E-state index in [1.54, 1.807) is 32.0 Å². The number of aromatic amines is 1. The SMILES string of the molecule is Cc1c(C(F)c2cccc(C(=O)N3CCN(C4CCOC(C)(C)C4)C(=O)C3)c2)n[nH]c(=O)c1C. The first-order valence-corrected chi connectivity index (χ1v) is 11.6. The summed E-state index contributed by atoms with van der Waals surface area (Å²) < 4.78 is 21.1. The molecule has 2 amide bonds. The van der Waals surface area contributed by atoms with Crippen molar-refractivity contribution in [1.82, 2.24) is 20.0 Å². The van der Waals surface area contributed by atoms with E-state index in [-0.39, 0.29) is 46.8 Å². The molecule has 9 heteroatoms. The molecule has 0 aliphatic carbocycles. The minimum absolute atomic E-state index is 0.000317. The molecular weight excluding hydrogens is 439 g/mol. The summed E-state index contributed by atoms with van der Waals surface area (Å²) in [4.78, 5) is 41.2. The fraction of sp³-hybridized carbons (Fsp3) is 0.520. The van der Waals surface area contributed by atoms with Gasteiger partial charge in [-0.15, -0.1) is 0 Å². The largest absolute Gasteiger partial charge is 0.375 e. The highest BCUT2D eigenvalue weighted by Crippen LogP contribution is 2.30. The van der Waals surface area contributed by atoms with Crippen LogP contribution in [0.4, 0.5) is 4.39 Å². The molecule has 1 aromatic heterocycles. The Labute approximate surface area is 198 Å². The lowest BCUT2D eigenvalue weighted by Crippen LogP contribution is -2.57. The fourth-order valence-electron chi connectivity index (χ4n) is 4.77. The number of hydrogen-bond donors (Lipinski definition) is 1. The Balaban J connectivity index is 1.47. The van der Waals surface area contributed by atoms with Crippen LogP contribution in [0.15, 0.2) is 29.1 Å². The summed E-state index contributed by atoms with van der Waals surface area (Å²) >= 11 is 0. The molecule has 1 aromatic carbocycles. The molecule has 2 aromatic rings. The Hall–Kier alpha value is -3.07. The number of carbonyl (C=O) groups excluding carboxylic acids is 2. The molecule has 2 fully saturated rings. The average molecular weight is 471 g/mol. The van der Waals surface area contributed by atoms with Gasteiger partial charge in [0, 0.05) is 36.9 Å². The third kappa shape index (κ3) is 4.75. The number of piperazine rings is 1. The van der Waals surface area contributed by atoms with Gasteiger partial charge in [0.25, 0.3) is 11.5 Å². The number of H-pyrrole nitrogens is 1. The Morgan fingerprint density at radius 2 is 2.00 bits per heavy atom. The fourth-order valence-corrected chi connectivity index (χ4v) is 4.77. The summed E-state index contributed by atoms with van der Waals surface area (Å²) in [5.74, 6) is -0.387. The summed E-state index contributed by atoms with van der Waals surface area (Å²) in [6.07, 6.45) is -0.0379. The van der Waals surface area contributed by atoms with Gasteiger partial charge in [-0.05, 0) is 63.8 Å². The molecule has 2 aliphatic heterocycles. The topological polar surface area (TPSA) is 95.6 Å². The van der Waals surface area contributed by atoms with Gasteiger partial charge in [0.05, 0.1) is 5.60 Å². The zero-order valence-corrected chi connectivity index (χ0v) is 20.1. The molecule has 2 unspecified atom stereocenters. The van der Waals surface area contributed by atoms with Crippen molar-refractivity contribution in [2.75, 3.05) is 26.2 Å². The number of rotatable bonds is 4. The zero-order valence-electron chi connectivity index (χ0n) is 20.1. The van der Waals surface area contributed by atoms with E-state index in [9.17, 15) is 14.4 Å². The van der Waals surface area contributed by atoms with Gasteiger partial charge < -0.3 is 14.5 Å². The van der Waals surface area contributed by atoms with Crippen LogP contribution in [-0.2, 0) is 9.53 Å². The van der Waals surface area contributed by atoms with Gasteiger partial charge in [-0.25, -0.2) is 9.49 Å². The lowest BCUT2D eigenvalue weighted by molar-refractivity contribution is -0.144. The second-order valence-corrected chi connectivity index (χ2v) is 9.74. The van der Waals surface area contributed by atoms with Gasteiger partial charge in [0.2, 0.25) is 5.91 Å². The third-order valence-electron chi connectivity index (χ3n) is 6.89. The number of aromatic nitrogens is 2. The first-order chi connectivity index (χ1) is 16.1. The molecule has 182 valence electrons. The summed E-state index contributed by atoms with van der Waals surface area (Å²) in [7, 11) is 0. The van der Waals surface area contributed by atoms with E-state index in [0.717, 1.165) is 12.8 Å². The summed E-state index contributed by atoms with van der Waals surface area (Å²) in [5.41, 5.74) is 0.956. The summed E-state index contributed by atoms with van der Waals surface area (Å²) in [5, 5.41) is 6.20. The first kappa shape index (κ1) is 24.1. The predicted molar refractivity (Wildman–Crippen MR) is 124 cm³/mol. The summed E-state index contributed by atoms with van der Waals surface area (Å²) in [6.45, 7) is 8.83. The smallest absolute Gasteiger partial charge is 0.267 e. The number of nitrogens with zero attached hydrogens (tertiary/aromatic N) is 3. The van der Waals surface area contributed by atoms with Gasteiger partial charge in [-0.3, -0.25) is 14.4 Å². The van der Waals surface area contributed by atoms with Crippen molar-refractivity contribution in [3.63, 3.8) is 0 Å². The number of benzene rings is 1. The van der Waals surface area contributed by atoms with Gasteiger partial charge in [-0.2, -0.15) is 5.10 Å². The molecule has 2 saturated heterocycles. The van der Waals surface area contributed by atoms with Crippen LogP contribution in [-0.4, -0.2) is 69.7 Å². The van der Waals surface area contributed by atoms with Crippen LogP contribution in [0.1, 0.15) is 65.6 Å². The third-order valence-corrected chi connectivity index (χ3v) is 6.89. The Morgan fingerprint density at radius 3 is 2.71 bits per heavy atom. The molecule has 0 bridgehead atoms. The first-order valence-electron chi connectivity index (χ1n) is 11.6. The number of alkyl halides is 1. The van der Waals surface area contributed by atoms with Crippen molar-refractivity contribution in [2.24, 2.45) is 0 Å². The maximum atomic E-state index is 15.3. The van der Waals surface area contributed by atoms with E-state index < -0.39 is 6.17 Å². The van der Waals surface area contributed by atoms with Gasteiger partial charge >= 0.3 is 0 Å². The van der Waals surface area contributed by atoms with Crippen molar-refractivity contribution >= 4 is 11.8 Å². The molecule has 0 saturated carbocycles. The molecular formula is C25H31FN4O4. The quantitative estimate of drug-likeness (QED) is 0.741. The minimum atomic E-state index is -1.60. The van der Waals surface area contributed by atoms with Crippen LogP contribution in [0.3, 0.4) is 0 Å². The summed E-state index contributed by atoms with van der Waals surface area (Å²) in [6, 6.07) is 6.42. The number of amides is 2. The number of ether oxygens (including phenoxy) is 1. The maximum Gasteiger partial charge on any atom is 0.267 e. The molecule has 0 spiro atoms. The van der Waals surface area contributed by atoms with Crippen molar-refractivity contribution in [3.8, 4) is 0 Å². The van der Waals surface area contributed by atoms with E-state index in [2.05, 4.69) is 10.2 Å². The standard InChI is InChI=1S/C25H31FN4O4/c1-15-16(2)23(32)28-27-22(15)21(26)17-6-5-7-18(12-17)24(33)29-9-10-30(20(31)14-29)19-8-11-34-25(3,4)13-19/h5-7,12,19,21H,8-11,13-14H2,1-4H3,(H,28,32). The highest BCUT2D eigenvalue weighted by molar-refractivity contribution is 5.97. The van der Waals surface area contributed by atoms with E-state index in [0.29, 0.717) is 36.4 Å². The highest BCUT2D eigenvalue weighted by atomic mass is 19.1. The number of nitrogens with one attached hydrogen (secondary N) is 1. The van der Waals surface area contributed by atoms with Crippen molar-refractivity contribution in [3.05, 3.63) is 62.6 Å². The zero-order chi connectivity index (χ0) is 24.6. The van der Waals surface area contributed by atoms with E-state index >= 15 is 4.39 Å². The van der Waals surface area contributed by atoms with E-state index in [1.807, 2.05) is 18.7 Å². The minimum Gasteiger partial charge on any atom is -0.375 e. The van der Waals surface area contributed by atoms with Crippen LogP contribution in [0, 0.1) is 13.8 Å².